The third-order valence-corrected chi connectivity index (χ3v) is 10.2. The fraction of sp³-hybridized carbons (Fsp3) is 0.700. The molecule has 9 atom stereocenters. The molecule has 0 aromatic carbocycles. The van der Waals surface area contributed by atoms with Crippen LogP contribution in [0.25, 0.3) is 0 Å². The number of fused-ring (bicyclic) bond motifs is 2. The number of methoxy groups -OCH3 is 1. The number of aliphatic hydroxyl groups is 1. The second-order valence-electron chi connectivity index (χ2n) is 12.8. The van der Waals surface area contributed by atoms with Crippen molar-refractivity contribution in [2.75, 3.05) is 33.4 Å². The molecule has 2 heterocycles. The van der Waals surface area contributed by atoms with E-state index in [9.17, 15) is 29.1 Å². The van der Waals surface area contributed by atoms with E-state index in [4.69, 9.17) is 29.4 Å². The SMILES string of the molecule is COC(=O)[C@@]12C[C@H](O)C3[C@@]4(C)CC(=O)C(OCC(=O)NCCN)=C(C)C4C[C@H]4OC(=O)[C@H](OC(=O)C=C(C)C)[C@@H]1[C@@]34CO2. The number of esters is 3. The molecule has 236 valence electrons. The van der Waals surface area contributed by atoms with Crippen LogP contribution in [0.15, 0.2) is 23.0 Å². The molecule has 0 radical (unpaired) electrons. The molecule has 2 saturated carbocycles. The number of allylic oxidation sites excluding steroid dienone is 3. The lowest BCUT2D eigenvalue weighted by molar-refractivity contribution is -0.269. The topological polar surface area (TPSA) is 190 Å². The number of amides is 1. The molecule has 4 N–H and O–H groups in total. The lowest BCUT2D eigenvalue weighted by atomic mass is 9.38. The first-order valence-corrected chi connectivity index (χ1v) is 14.6. The molecule has 2 saturated heterocycles. The van der Waals surface area contributed by atoms with Gasteiger partial charge >= 0.3 is 17.9 Å². The zero-order valence-electron chi connectivity index (χ0n) is 25.1. The van der Waals surface area contributed by atoms with E-state index in [0.29, 0.717) is 11.1 Å². The number of carbonyl (C=O) groups is 5. The number of nitrogens with one attached hydrogen (secondary N) is 1. The van der Waals surface area contributed by atoms with Crippen LogP contribution in [0.5, 0.6) is 0 Å². The first kappa shape index (κ1) is 31.1. The first-order chi connectivity index (χ1) is 20.3. The van der Waals surface area contributed by atoms with Gasteiger partial charge in [-0.1, -0.05) is 12.5 Å². The number of carbonyl (C=O) groups excluding carboxylic acids is 5. The zero-order valence-corrected chi connectivity index (χ0v) is 25.1. The maximum atomic E-state index is 13.6. The van der Waals surface area contributed by atoms with Gasteiger partial charge < -0.3 is 39.8 Å². The Morgan fingerprint density at radius 3 is 2.58 bits per heavy atom. The zero-order chi connectivity index (χ0) is 31.5. The number of rotatable bonds is 8. The smallest absolute Gasteiger partial charge is 0.348 e. The van der Waals surface area contributed by atoms with E-state index in [1.54, 1.807) is 20.8 Å². The molecule has 2 bridgehead atoms. The van der Waals surface area contributed by atoms with Gasteiger partial charge in [-0.3, -0.25) is 9.59 Å². The van der Waals surface area contributed by atoms with E-state index >= 15 is 0 Å². The molecule has 4 fully saturated rings. The summed E-state index contributed by atoms with van der Waals surface area (Å²) in [6.45, 7) is 7.14. The largest absolute Gasteiger partial charge is 0.480 e. The van der Waals surface area contributed by atoms with Crippen molar-refractivity contribution in [1.82, 2.24) is 5.32 Å². The van der Waals surface area contributed by atoms with Crippen molar-refractivity contribution in [3.8, 4) is 0 Å². The van der Waals surface area contributed by atoms with Gasteiger partial charge in [-0.2, -0.15) is 0 Å². The van der Waals surface area contributed by atoms with Crippen molar-refractivity contribution in [2.45, 2.75) is 70.9 Å². The summed E-state index contributed by atoms with van der Waals surface area (Å²) in [6, 6.07) is 0. The van der Waals surface area contributed by atoms with Crippen LogP contribution < -0.4 is 11.1 Å². The average molecular weight is 605 g/mol. The quantitative estimate of drug-likeness (QED) is 0.192. The van der Waals surface area contributed by atoms with Crippen LogP contribution in [-0.2, 0) is 47.7 Å². The molecule has 1 spiro atoms. The highest BCUT2D eigenvalue weighted by Crippen LogP contribution is 2.72. The molecule has 0 aromatic heterocycles. The standard InChI is InChI=1S/C30H40N2O11/c1-14(2)8-21(36)43-23-25-29-13-41-30(25,27(38)39-5)11-18(34)24(29)28(4)10-17(33)22(40-12-20(35)32-7-6-31)15(3)16(28)9-19(29)42-26(23)37/h8,16,18-19,23-25,34H,6-7,9-13,31H2,1-5H3,(H,32,35)/t16?,18-,19+,23+,24?,25+,28-,29+,30+/m0/s1. The summed E-state index contributed by atoms with van der Waals surface area (Å²) in [6.07, 6.45) is -2.27. The Balaban J connectivity index is 1.58. The minimum Gasteiger partial charge on any atom is -0.480 e. The van der Waals surface area contributed by atoms with Crippen molar-refractivity contribution >= 4 is 29.6 Å². The fourth-order valence-corrected chi connectivity index (χ4v) is 8.87. The van der Waals surface area contributed by atoms with Gasteiger partial charge in [0.05, 0.1) is 25.7 Å². The van der Waals surface area contributed by atoms with Gasteiger partial charge in [0.25, 0.3) is 5.91 Å². The maximum Gasteiger partial charge on any atom is 0.348 e. The Hall–Kier alpha value is -3.29. The number of ketones is 1. The Bertz CT molecular complexity index is 1300. The molecule has 3 aliphatic carbocycles. The number of nitrogens with two attached hydrogens (primary N) is 1. The van der Waals surface area contributed by atoms with Gasteiger partial charge in [-0.25, -0.2) is 14.4 Å². The molecule has 5 rings (SSSR count). The van der Waals surface area contributed by atoms with E-state index in [1.807, 2.05) is 6.92 Å². The van der Waals surface area contributed by atoms with Gasteiger partial charge in [0.1, 0.15) is 6.10 Å². The summed E-state index contributed by atoms with van der Waals surface area (Å²) in [4.78, 5) is 65.6. The van der Waals surface area contributed by atoms with Crippen LogP contribution in [-0.4, -0.2) is 92.0 Å². The van der Waals surface area contributed by atoms with Gasteiger partial charge in [0.2, 0.25) is 6.10 Å². The third kappa shape index (κ3) is 4.58. The number of aliphatic hydroxyl groups excluding tert-OH is 1. The Labute approximate surface area is 249 Å². The molecule has 43 heavy (non-hydrogen) atoms. The molecule has 13 nitrogen and oxygen atoms in total. The summed E-state index contributed by atoms with van der Waals surface area (Å²) in [5, 5.41) is 14.4. The molecular weight excluding hydrogens is 564 g/mol. The van der Waals surface area contributed by atoms with Crippen LogP contribution in [0.4, 0.5) is 0 Å². The maximum absolute atomic E-state index is 13.6. The summed E-state index contributed by atoms with van der Waals surface area (Å²) < 4.78 is 28.8. The predicted octanol–water partition coefficient (Wildman–Crippen LogP) is 0.0797. The average Bonchev–Trinajstić information content (AvgIpc) is 3.18. The van der Waals surface area contributed by atoms with E-state index in [0.717, 1.165) is 0 Å². The monoisotopic (exact) mass is 604 g/mol. The van der Waals surface area contributed by atoms with Gasteiger partial charge in [-0.15, -0.1) is 0 Å². The van der Waals surface area contributed by atoms with E-state index in [1.165, 1.54) is 13.2 Å². The highest BCUT2D eigenvalue weighted by atomic mass is 16.6. The number of hydrogen-bond acceptors (Lipinski definition) is 12. The minimum absolute atomic E-state index is 0.0287. The molecule has 5 aliphatic rings. The number of hydrogen-bond donors (Lipinski definition) is 3. The molecule has 0 aromatic rings. The van der Waals surface area contributed by atoms with Crippen molar-refractivity contribution in [3.63, 3.8) is 0 Å². The van der Waals surface area contributed by atoms with Crippen molar-refractivity contribution in [3.05, 3.63) is 23.0 Å². The third-order valence-electron chi connectivity index (χ3n) is 10.2. The highest BCUT2D eigenvalue weighted by molar-refractivity contribution is 5.96. The lowest BCUT2D eigenvalue weighted by Gasteiger charge is -2.66. The minimum atomic E-state index is -1.77. The second kappa shape index (κ2) is 11.0. The van der Waals surface area contributed by atoms with E-state index < -0.39 is 70.4 Å². The van der Waals surface area contributed by atoms with Crippen LogP contribution in [0.1, 0.15) is 47.0 Å². The summed E-state index contributed by atoms with van der Waals surface area (Å²) in [5.41, 5.74) is 2.86. The predicted molar refractivity (Wildman–Crippen MR) is 146 cm³/mol. The molecule has 2 unspecified atom stereocenters. The van der Waals surface area contributed by atoms with Gasteiger partial charge in [-0.05, 0) is 44.1 Å². The number of Topliss-reactive ketones (excluding diaryl/α,β-unsaturated/α-hetero) is 1. The van der Waals surface area contributed by atoms with Crippen LogP contribution in [0, 0.1) is 28.6 Å². The summed E-state index contributed by atoms with van der Waals surface area (Å²) >= 11 is 0. The lowest BCUT2D eigenvalue weighted by Crippen LogP contribution is -2.75. The van der Waals surface area contributed by atoms with Gasteiger partial charge in [0, 0.05) is 43.3 Å². The Morgan fingerprint density at radius 2 is 1.93 bits per heavy atom. The normalized spacial score (nSPS) is 39.1. The summed E-state index contributed by atoms with van der Waals surface area (Å²) in [5.74, 6) is -5.15. The molecular formula is C30H40N2O11. The number of ether oxygens (including phenoxy) is 5. The van der Waals surface area contributed by atoms with Crippen LogP contribution in [0.3, 0.4) is 0 Å². The molecule has 1 amide bonds. The second-order valence-corrected chi connectivity index (χ2v) is 12.8. The Kier molecular flexibility index (Phi) is 7.97. The highest BCUT2D eigenvalue weighted by Gasteiger charge is 2.82. The Morgan fingerprint density at radius 1 is 1.21 bits per heavy atom. The van der Waals surface area contributed by atoms with Crippen molar-refractivity contribution in [1.29, 1.82) is 0 Å². The van der Waals surface area contributed by atoms with E-state index in [-0.39, 0.29) is 63.0 Å². The summed E-state index contributed by atoms with van der Waals surface area (Å²) in [7, 11) is 1.19. The molecule has 2 aliphatic heterocycles. The first-order valence-electron chi connectivity index (χ1n) is 14.6. The van der Waals surface area contributed by atoms with Crippen molar-refractivity contribution in [2.24, 2.45) is 34.3 Å². The van der Waals surface area contributed by atoms with E-state index in [2.05, 4.69) is 5.32 Å². The van der Waals surface area contributed by atoms with Crippen molar-refractivity contribution < 1.29 is 52.8 Å². The fourth-order valence-electron chi connectivity index (χ4n) is 8.87. The van der Waals surface area contributed by atoms with Gasteiger partial charge in [0.15, 0.2) is 23.8 Å². The van der Waals surface area contributed by atoms with Crippen LogP contribution >= 0.6 is 0 Å². The molecule has 13 heteroatoms. The van der Waals surface area contributed by atoms with Crippen LogP contribution in [0.2, 0.25) is 0 Å².